The number of unbranched alkanes of at least 4 members (excludes halogenated alkanes) is 54. The van der Waals surface area contributed by atoms with Crippen molar-refractivity contribution in [2.75, 3.05) is 40.9 Å². The van der Waals surface area contributed by atoms with E-state index in [0.29, 0.717) is 23.9 Å². The van der Waals surface area contributed by atoms with Gasteiger partial charge in [-0.25, -0.2) is 4.57 Å². The summed E-state index contributed by atoms with van der Waals surface area (Å²) in [6.45, 7) is 4.97. The maximum atomic E-state index is 13.1. The zero-order valence-electron chi connectivity index (χ0n) is 53.7. The van der Waals surface area contributed by atoms with Gasteiger partial charge >= 0.3 is 7.82 Å². The average Bonchev–Trinajstić information content (AvgIpc) is 3.41. The zero-order valence-corrected chi connectivity index (χ0v) is 54.6. The topological polar surface area (TPSA) is 105 Å². The smallest absolute Gasteiger partial charge is 0.391 e. The van der Waals surface area contributed by atoms with Gasteiger partial charge in [-0.2, -0.15) is 0 Å². The number of amides is 1. The zero-order chi connectivity index (χ0) is 57.0. The number of phosphoric acid groups is 1. The molecule has 0 aromatic heterocycles. The Morgan fingerprint density at radius 2 is 0.615 bits per heavy atom. The van der Waals surface area contributed by atoms with Gasteiger partial charge < -0.3 is 19.8 Å². The number of hydrogen-bond donors (Lipinski definition) is 3. The molecule has 0 heterocycles. The molecule has 0 saturated heterocycles. The molecule has 0 rings (SSSR count). The normalized spacial score (nSPS) is 13.6. The molecule has 0 aliphatic rings. The molecule has 0 aliphatic carbocycles. The summed E-state index contributed by atoms with van der Waals surface area (Å²) in [5, 5.41) is 14.2. The summed E-state index contributed by atoms with van der Waals surface area (Å²) < 4.78 is 23.9. The molecular formula is C69H142N2O6P+. The number of aliphatic hydroxyl groups excluding tert-OH is 1. The van der Waals surface area contributed by atoms with Crippen molar-refractivity contribution in [3.05, 3.63) is 0 Å². The van der Waals surface area contributed by atoms with Crippen LogP contribution in [0.1, 0.15) is 386 Å². The highest BCUT2D eigenvalue weighted by Crippen LogP contribution is 2.43. The summed E-state index contributed by atoms with van der Waals surface area (Å²) in [5.41, 5.74) is 0. The lowest BCUT2D eigenvalue weighted by Crippen LogP contribution is -2.46. The third kappa shape index (κ3) is 63.1. The van der Waals surface area contributed by atoms with E-state index in [1.807, 2.05) is 21.1 Å². The fourth-order valence-electron chi connectivity index (χ4n) is 11.3. The van der Waals surface area contributed by atoms with Crippen LogP contribution < -0.4 is 5.32 Å². The van der Waals surface area contributed by atoms with Gasteiger partial charge in [0, 0.05) is 6.42 Å². The van der Waals surface area contributed by atoms with E-state index in [1.165, 1.54) is 321 Å². The van der Waals surface area contributed by atoms with Gasteiger partial charge in [0.25, 0.3) is 0 Å². The Morgan fingerprint density at radius 1 is 0.385 bits per heavy atom. The fraction of sp³-hybridized carbons (Fsp3) is 0.986. The van der Waals surface area contributed by atoms with Crippen molar-refractivity contribution >= 4 is 13.7 Å². The number of quaternary nitrogens is 1. The first-order valence-electron chi connectivity index (χ1n) is 35.4. The van der Waals surface area contributed by atoms with E-state index in [1.54, 1.807) is 0 Å². The third-order valence-electron chi connectivity index (χ3n) is 16.9. The minimum atomic E-state index is -4.32. The molecule has 78 heavy (non-hydrogen) atoms. The SMILES string of the molecule is CCCCCCCCCCCCCCCCCCCCCCCCCCCCCCCCCCC(O)C(COP(=O)(O)OCC[N+](C)(C)C)NC(=O)CCCCCCCCCCCCCCCCCCCCCCCCCC. The second kappa shape index (κ2) is 61.1. The number of rotatable bonds is 67. The van der Waals surface area contributed by atoms with Gasteiger partial charge in [0.1, 0.15) is 13.2 Å². The number of aliphatic hydroxyl groups is 1. The van der Waals surface area contributed by atoms with E-state index < -0.39 is 20.0 Å². The van der Waals surface area contributed by atoms with Crippen molar-refractivity contribution in [1.29, 1.82) is 0 Å². The molecule has 0 aromatic carbocycles. The standard InChI is InChI=1S/C69H141N2O6P/c1-6-8-10-12-14-16-18-20-22-24-26-28-30-32-33-34-35-36-37-38-39-40-42-44-46-48-50-52-54-56-58-60-62-68(72)67(66-77-78(74,75)76-65-64-71(3,4)5)70-69(73)63-61-59-57-55-53-51-49-47-45-43-41-31-29-27-25-23-21-19-17-15-13-11-9-7-2/h67-68,72H,6-66H2,1-5H3,(H-,70,73,74,75)/p+1. The molecule has 8 nitrogen and oxygen atoms in total. The van der Waals surface area contributed by atoms with Crippen LogP contribution in [0, 0.1) is 0 Å². The molecule has 0 saturated carbocycles. The number of likely N-dealkylation sites (N-methyl/N-ethyl adjacent to an activating group) is 1. The number of nitrogens with zero attached hydrogens (tertiary/aromatic N) is 1. The monoisotopic (exact) mass is 1130 g/mol. The second-order valence-corrected chi connectivity index (χ2v) is 27.4. The Bertz CT molecular complexity index is 1230. The Morgan fingerprint density at radius 3 is 0.859 bits per heavy atom. The predicted molar refractivity (Wildman–Crippen MR) is 342 cm³/mol. The summed E-state index contributed by atoms with van der Waals surface area (Å²) in [6.07, 6.45) is 76.4. The van der Waals surface area contributed by atoms with E-state index in [2.05, 4.69) is 19.2 Å². The lowest BCUT2D eigenvalue weighted by Gasteiger charge is -2.26. The minimum Gasteiger partial charge on any atom is -0.391 e. The molecule has 0 aliphatic heterocycles. The molecule has 3 N–H and O–H groups in total. The highest BCUT2D eigenvalue weighted by atomic mass is 31.2. The summed E-state index contributed by atoms with van der Waals surface area (Å²) >= 11 is 0. The lowest BCUT2D eigenvalue weighted by atomic mass is 10.0. The van der Waals surface area contributed by atoms with Gasteiger partial charge in [-0.3, -0.25) is 13.8 Å². The second-order valence-electron chi connectivity index (χ2n) is 26.0. The Labute approximate surface area is 489 Å². The third-order valence-corrected chi connectivity index (χ3v) is 17.8. The first-order chi connectivity index (χ1) is 38.0. The van der Waals surface area contributed by atoms with Crippen LogP contribution in [0.3, 0.4) is 0 Å². The van der Waals surface area contributed by atoms with E-state index in [0.717, 1.165) is 38.5 Å². The number of carbonyl (C=O) groups is 1. The van der Waals surface area contributed by atoms with Crippen LogP contribution in [0.2, 0.25) is 0 Å². The lowest BCUT2D eigenvalue weighted by molar-refractivity contribution is -0.870. The molecule has 0 radical (unpaired) electrons. The molecule has 0 aromatic rings. The fourth-order valence-corrected chi connectivity index (χ4v) is 12.1. The van der Waals surface area contributed by atoms with Gasteiger partial charge in [-0.05, 0) is 12.8 Å². The van der Waals surface area contributed by atoms with Crippen LogP contribution in [0.25, 0.3) is 0 Å². The van der Waals surface area contributed by atoms with E-state index in [9.17, 15) is 19.4 Å². The molecular weight excluding hydrogens is 984 g/mol. The van der Waals surface area contributed by atoms with Gasteiger partial charge in [-0.1, -0.05) is 367 Å². The van der Waals surface area contributed by atoms with Gasteiger partial charge in [0.2, 0.25) is 5.91 Å². The molecule has 1 amide bonds. The van der Waals surface area contributed by atoms with Crippen LogP contribution in [-0.2, 0) is 18.4 Å². The van der Waals surface area contributed by atoms with Gasteiger partial charge in [0.05, 0.1) is 39.9 Å². The maximum Gasteiger partial charge on any atom is 0.472 e. The molecule has 0 fully saturated rings. The number of carbonyl (C=O) groups excluding carboxylic acids is 1. The Balaban J connectivity index is 3.97. The molecule has 0 bridgehead atoms. The van der Waals surface area contributed by atoms with Crippen molar-refractivity contribution in [2.45, 2.75) is 398 Å². The minimum absolute atomic E-state index is 0.0795. The number of phosphoric ester groups is 1. The van der Waals surface area contributed by atoms with E-state index >= 15 is 0 Å². The summed E-state index contributed by atoms with van der Waals surface area (Å²) in [5.74, 6) is -0.133. The Kier molecular flexibility index (Phi) is 60.7. The molecule has 9 heteroatoms. The van der Waals surface area contributed by atoms with Crippen molar-refractivity contribution in [3.8, 4) is 0 Å². The molecule has 468 valence electrons. The van der Waals surface area contributed by atoms with Crippen molar-refractivity contribution < 1.29 is 32.9 Å². The van der Waals surface area contributed by atoms with Crippen molar-refractivity contribution in [1.82, 2.24) is 5.32 Å². The van der Waals surface area contributed by atoms with Crippen LogP contribution >= 0.6 is 7.82 Å². The Hall–Kier alpha value is -0.500. The number of hydrogen-bond acceptors (Lipinski definition) is 5. The van der Waals surface area contributed by atoms with E-state index in [-0.39, 0.29) is 19.1 Å². The molecule has 3 unspecified atom stereocenters. The molecule has 0 spiro atoms. The first kappa shape index (κ1) is 77.5. The largest absolute Gasteiger partial charge is 0.472 e. The van der Waals surface area contributed by atoms with Crippen molar-refractivity contribution in [3.63, 3.8) is 0 Å². The van der Waals surface area contributed by atoms with Gasteiger partial charge in [0.15, 0.2) is 0 Å². The van der Waals surface area contributed by atoms with Crippen LogP contribution in [0.15, 0.2) is 0 Å². The first-order valence-corrected chi connectivity index (χ1v) is 36.9. The average molecular weight is 1130 g/mol. The molecule has 3 atom stereocenters. The van der Waals surface area contributed by atoms with Crippen molar-refractivity contribution in [2.24, 2.45) is 0 Å². The highest BCUT2D eigenvalue weighted by molar-refractivity contribution is 7.47. The summed E-state index contributed by atoms with van der Waals surface area (Å²) in [4.78, 5) is 23.5. The highest BCUT2D eigenvalue weighted by Gasteiger charge is 2.28. The van der Waals surface area contributed by atoms with Gasteiger partial charge in [-0.15, -0.1) is 0 Å². The van der Waals surface area contributed by atoms with Crippen LogP contribution in [-0.4, -0.2) is 73.4 Å². The summed E-state index contributed by atoms with van der Waals surface area (Å²) in [7, 11) is 1.64. The van der Waals surface area contributed by atoms with E-state index in [4.69, 9.17) is 9.05 Å². The maximum absolute atomic E-state index is 13.1. The predicted octanol–water partition coefficient (Wildman–Crippen LogP) is 22.3. The van der Waals surface area contributed by atoms with Crippen LogP contribution in [0.4, 0.5) is 0 Å². The summed E-state index contributed by atoms with van der Waals surface area (Å²) in [6, 6.07) is -0.757. The number of nitrogens with one attached hydrogen (secondary N) is 1. The van der Waals surface area contributed by atoms with Crippen LogP contribution in [0.5, 0.6) is 0 Å². The quantitative estimate of drug-likeness (QED) is 0.0318.